The average Bonchev–Trinajstić information content (AvgIpc) is 3.57. The highest BCUT2D eigenvalue weighted by Gasteiger charge is 2.27. The summed E-state index contributed by atoms with van der Waals surface area (Å²) >= 11 is 0. The second-order valence-corrected chi connectivity index (χ2v) is 17.3. The fourth-order valence-electron chi connectivity index (χ4n) is 7.82. The standard InChI is InChI=1S/C52H47N7/c1-33-27-38(51(3,4)5)20-24-44(33)58(34(2)31-53)47-26-22-40(59-45-23-19-35(32-54)28-41(45)42-29-39(52(6,7)8)21-25-46(42)59)30-43(47)50-56-48(36-15-11-9-12-16-36)55-49(57-50)37-17-13-10-14-18-37/h9-30,34H,1-8H3. The van der Waals surface area contributed by atoms with Gasteiger partial charge < -0.3 is 9.47 Å². The summed E-state index contributed by atoms with van der Waals surface area (Å²) in [6.07, 6.45) is 0. The summed E-state index contributed by atoms with van der Waals surface area (Å²) in [4.78, 5) is 17.6. The highest BCUT2D eigenvalue weighted by atomic mass is 15.2. The Morgan fingerprint density at radius 1 is 0.576 bits per heavy atom. The van der Waals surface area contributed by atoms with Gasteiger partial charge in [0.25, 0.3) is 0 Å². The molecule has 6 aromatic carbocycles. The largest absolute Gasteiger partial charge is 0.324 e. The van der Waals surface area contributed by atoms with Crippen LogP contribution in [0.3, 0.4) is 0 Å². The highest BCUT2D eigenvalue weighted by molar-refractivity contribution is 6.10. The van der Waals surface area contributed by atoms with Crippen molar-refractivity contribution in [2.75, 3.05) is 4.90 Å². The Labute approximate surface area is 346 Å². The zero-order valence-corrected chi connectivity index (χ0v) is 34.9. The second kappa shape index (κ2) is 15.0. The maximum atomic E-state index is 10.7. The maximum Gasteiger partial charge on any atom is 0.166 e. The lowest BCUT2D eigenvalue weighted by Gasteiger charge is -2.32. The lowest BCUT2D eigenvalue weighted by molar-refractivity contribution is 0.589. The molecule has 0 amide bonds. The van der Waals surface area contributed by atoms with Crippen LogP contribution in [0.15, 0.2) is 133 Å². The third-order valence-corrected chi connectivity index (χ3v) is 11.1. The molecule has 2 heterocycles. The number of nitrogens with zero attached hydrogens (tertiary/aromatic N) is 7. The molecule has 0 aliphatic heterocycles. The minimum atomic E-state index is -0.545. The summed E-state index contributed by atoms with van der Waals surface area (Å²) in [6, 6.07) is 49.7. The Morgan fingerprint density at radius 3 is 1.66 bits per heavy atom. The van der Waals surface area contributed by atoms with Gasteiger partial charge in [-0.2, -0.15) is 10.5 Å². The van der Waals surface area contributed by atoms with Crippen LogP contribution in [0.5, 0.6) is 0 Å². The molecule has 7 heteroatoms. The summed E-state index contributed by atoms with van der Waals surface area (Å²) in [5.74, 6) is 1.58. The van der Waals surface area contributed by atoms with E-state index in [1.54, 1.807) is 0 Å². The van der Waals surface area contributed by atoms with Crippen LogP contribution in [-0.4, -0.2) is 25.6 Å². The quantitative estimate of drug-likeness (QED) is 0.160. The molecule has 2 aromatic heterocycles. The van der Waals surface area contributed by atoms with Crippen molar-refractivity contribution in [2.45, 2.75) is 72.3 Å². The van der Waals surface area contributed by atoms with Crippen molar-refractivity contribution in [3.63, 3.8) is 0 Å². The van der Waals surface area contributed by atoms with E-state index in [0.717, 1.165) is 61.1 Å². The highest BCUT2D eigenvalue weighted by Crippen LogP contribution is 2.42. The van der Waals surface area contributed by atoms with Crippen LogP contribution >= 0.6 is 0 Å². The molecule has 1 unspecified atom stereocenters. The maximum absolute atomic E-state index is 10.7. The first-order valence-electron chi connectivity index (χ1n) is 20.1. The molecule has 7 nitrogen and oxygen atoms in total. The minimum absolute atomic E-state index is 0.0434. The molecule has 0 aliphatic rings. The van der Waals surface area contributed by atoms with E-state index in [1.807, 2.05) is 85.8 Å². The third-order valence-electron chi connectivity index (χ3n) is 11.1. The van der Waals surface area contributed by atoms with Gasteiger partial charge >= 0.3 is 0 Å². The van der Waals surface area contributed by atoms with Crippen molar-refractivity contribution in [3.8, 4) is 52.0 Å². The van der Waals surface area contributed by atoms with Gasteiger partial charge in [0, 0.05) is 38.8 Å². The van der Waals surface area contributed by atoms with Crippen molar-refractivity contribution in [1.29, 1.82) is 10.5 Å². The van der Waals surface area contributed by atoms with Gasteiger partial charge in [-0.15, -0.1) is 0 Å². The van der Waals surface area contributed by atoms with Gasteiger partial charge in [0.15, 0.2) is 17.5 Å². The van der Waals surface area contributed by atoms with Gasteiger partial charge in [-0.05, 0) is 96.0 Å². The van der Waals surface area contributed by atoms with Crippen LogP contribution in [0.1, 0.15) is 70.7 Å². The van der Waals surface area contributed by atoms with Crippen molar-refractivity contribution in [2.24, 2.45) is 0 Å². The molecule has 0 radical (unpaired) electrons. The molecule has 290 valence electrons. The van der Waals surface area contributed by atoms with Gasteiger partial charge in [0.05, 0.1) is 34.4 Å². The van der Waals surface area contributed by atoms with Crippen LogP contribution in [0.4, 0.5) is 11.4 Å². The molecule has 0 fully saturated rings. The summed E-state index contributed by atoms with van der Waals surface area (Å²) in [5.41, 5.74) is 11.1. The van der Waals surface area contributed by atoms with Crippen LogP contribution in [0.2, 0.25) is 0 Å². The zero-order chi connectivity index (χ0) is 41.6. The molecule has 0 saturated heterocycles. The number of aryl methyl sites for hydroxylation is 1. The number of anilines is 2. The number of aromatic nitrogens is 4. The zero-order valence-electron chi connectivity index (χ0n) is 34.9. The van der Waals surface area contributed by atoms with E-state index in [9.17, 15) is 10.5 Å². The first-order chi connectivity index (χ1) is 28.2. The van der Waals surface area contributed by atoms with Gasteiger partial charge in [0.2, 0.25) is 0 Å². The Morgan fingerprint density at radius 2 is 1.10 bits per heavy atom. The summed E-state index contributed by atoms with van der Waals surface area (Å²) < 4.78 is 2.25. The monoisotopic (exact) mass is 769 g/mol. The van der Waals surface area contributed by atoms with E-state index in [4.69, 9.17) is 15.0 Å². The van der Waals surface area contributed by atoms with Crippen molar-refractivity contribution < 1.29 is 0 Å². The lowest BCUT2D eigenvalue weighted by Crippen LogP contribution is -2.28. The van der Waals surface area contributed by atoms with Gasteiger partial charge in [-0.3, -0.25) is 0 Å². The first kappa shape index (κ1) is 38.8. The number of hydrogen-bond donors (Lipinski definition) is 0. The molecule has 1 atom stereocenters. The second-order valence-electron chi connectivity index (χ2n) is 17.3. The lowest BCUT2D eigenvalue weighted by atomic mass is 9.86. The molecular formula is C52H47N7. The van der Waals surface area contributed by atoms with E-state index in [1.165, 1.54) is 11.1 Å². The molecule has 8 rings (SSSR count). The van der Waals surface area contributed by atoms with Crippen molar-refractivity contribution >= 4 is 33.2 Å². The topological polar surface area (TPSA) is 94.4 Å². The van der Waals surface area contributed by atoms with Crippen LogP contribution in [-0.2, 0) is 10.8 Å². The molecule has 0 N–H and O–H groups in total. The van der Waals surface area contributed by atoms with E-state index in [-0.39, 0.29) is 10.8 Å². The van der Waals surface area contributed by atoms with Gasteiger partial charge in [0.1, 0.15) is 6.04 Å². The molecular weight excluding hydrogens is 723 g/mol. The van der Waals surface area contributed by atoms with Gasteiger partial charge in [-0.1, -0.05) is 120 Å². The SMILES string of the molecule is Cc1cc(C(C)(C)C)ccc1N(c1ccc(-n2c3ccc(C#N)cc3c3cc(C(C)(C)C)ccc32)cc1-c1nc(-c2ccccc2)nc(-c2ccccc2)n1)C(C)C#N. The van der Waals surface area contributed by atoms with Crippen LogP contribution in [0, 0.1) is 29.6 Å². The molecule has 0 bridgehead atoms. The van der Waals surface area contributed by atoms with Gasteiger partial charge in [-0.25, -0.2) is 15.0 Å². The number of rotatable bonds is 7. The fraction of sp³-hybridized carbons (Fsp3) is 0.212. The summed E-state index contributed by atoms with van der Waals surface area (Å²) in [6.45, 7) is 17.3. The van der Waals surface area contributed by atoms with Crippen LogP contribution in [0.25, 0.3) is 61.7 Å². The Hall–Kier alpha value is -7.09. The van der Waals surface area contributed by atoms with Crippen molar-refractivity contribution in [3.05, 3.63) is 156 Å². The average molecular weight is 770 g/mol. The smallest absolute Gasteiger partial charge is 0.166 e. The molecule has 0 spiro atoms. The predicted octanol–water partition coefficient (Wildman–Crippen LogP) is 12.8. The summed E-state index contributed by atoms with van der Waals surface area (Å²) in [5, 5.41) is 22.7. The third kappa shape index (κ3) is 7.33. The normalized spacial score (nSPS) is 12.3. The Balaban J connectivity index is 1.46. The minimum Gasteiger partial charge on any atom is -0.324 e. The first-order valence-corrected chi connectivity index (χ1v) is 20.1. The molecule has 8 aromatic rings. The predicted molar refractivity (Wildman–Crippen MR) is 241 cm³/mol. The fourth-order valence-corrected chi connectivity index (χ4v) is 7.82. The number of fused-ring (bicyclic) bond motifs is 3. The van der Waals surface area contributed by atoms with E-state index >= 15 is 0 Å². The number of benzene rings is 6. The molecule has 0 aliphatic carbocycles. The van der Waals surface area contributed by atoms with E-state index in [2.05, 4.69) is 125 Å². The van der Waals surface area contributed by atoms with E-state index in [0.29, 0.717) is 23.0 Å². The number of hydrogen-bond acceptors (Lipinski definition) is 6. The van der Waals surface area contributed by atoms with Crippen LogP contribution < -0.4 is 4.90 Å². The van der Waals surface area contributed by atoms with E-state index < -0.39 is 6.04 Å². The van der Waals surface area contributed by atoms with Crippen molar-refractivity contribution in [1.82, 2.24) is 19.5 Å². The summed E-state index contributed by atoms with van der Waals surface area (Å²) in [7, 11) is 0. The Kier molecular flexibility index (Phi) is 9.86. The Bertz CT molecular complexity index is 2900. The number of nitriles is 2. The molecule has 59 heavy (non-hydrogen) atoms. The molecule has 0 saturated carbocycles.